The van der Waals surface area contributed by atoms with Crippen LogP contribution in [0.4, 0.5) is 4.39 Å². The minimum Gasteiger partial charge on any atom is -0.251 e. The fraction of sp³-hybridized carbons (Fsp3) is 0.250. The van der Waals surface area contributed by atoms with Crippen LogP contribution in [0.1, 0.15) is 32.0 Å². The molecule has 1 aromatic heterocycles. The second-order valence-corrected chi connectivity index (χ2v) is 7.41. The quantitative estimate of drug-likeness (QED) is 0.814. The average Bonchev–Trinajstić information content (AvgIpc) is 2.45. The summed E-state index contributed by atoms with van der Waals surface area (Å²) in [4.78, 5) is 4.05. The highest BCUT2D eigenvalue weighted by atomic mass is 32.2. The predicted octanol–water partition coefficient (Wildman–Crippen LogP) is 3.52. The SMILES string of the molecule is CC(C)(C)S(=O)/N=C(\c1ccccc1)c1ncccc1F. The van der Waals surface area contributed by atoms with Crippen molar-refractivity contribution < 1.29 is 8.60 Å². The molecule has 0 N–H and O–H groups in total. The Bertz CT molecular complexity index is 678. The Hall–Kier alpha value is -1.88. The summed E-state index contributed by atoms with van der Waals surface area (Å²) in [5.74, 6) is -0.481. The van der Waals surface area contributed by atoms with E-state index in [1.54, 1.807) is 12.1 Å². The molecule has 1 heterocycles. The predicted molar refractivity (Wildman–Crippen MR) is 84.2 cm³/mol. The molecule has 1 unspecified atom stereocenters. The smallest absolute Gasteiger partial charge is 0.151 e. The number of aromatic nitrogens is 1. The second kappa shape index (κ2) is 6.26. The third kappa shape index (κ3) is 3.82. The van der Waals surface area contributed by atoms with Gasteiger partial charge in [0, 0.05) is 11.8 Å². The van der Waals surface area contributed by atoms with E-state index in [-0.39, 0.29) is 5.69 Å². The van der Waals surface area contributed by atoms with Crippen molar-refractivity contribution in [3.05, 3.63) is 65.7 Å². The molecule has 0 aliphatic heterocycles. The topological polar surface area (TPSA) is 42.3 Å². The summed E-state index contributed by atoms with van der Waals surface area (Å²) in [5.41, 5.74) is 1.11. The number of pyridine rings is 1. The summed E-state index contributed by atoms with van der Waals surface area (Å²) in [5, 5.41) is 0. The van der Waals surface area contributed by atoms with Crippen molar-refractivity contribution in [1.29, 1.82) is 0 Å². The van der Waals surface area contributed by atoms with Gasteiger partial charge in [0.25, 0.3) is 0 Å². The van der Waals surface area contributed by atoms with Gasteiger partial charge in [-0.3, -0.25) is 4.98 Å². The van der Waals surface area contributed by atoms with Gasteiger partial charge >= 0.3 is 0 Å². The van der Waals surface area contributed by atoms with E-state index >= 15 is 0 Å². The normalized spacial score (nSPS) is 14.0. The Labute approximate surface area is 126 Å². The van der Waals surface area contributed by atoms with Crippen molar-refractivity contribution in [2.45, 2.75) is 25.5 Å². The van der Waals surface area contributed by atoms with E-state index in [1.165, 1.54) is 18.3 Å². The molecular weight excluding hydrogens is 287 g/mol. The lowest BCUT2D eigenvalue weighted by atomic mass is 10.1. The van der Waals surface area contributed by atoms with Crippen LogP contribution in [0, 0.1) is 5.82 Å². The molecule has 5 heteroatoms. The maximum Gasteiger partial charge on any atom is 0.151 e. The zero-order valence-electron chi connectivity index (χ0n) is 12.2. The molecule has 0 fully saturated rings. The van der Waals surface area contributed by atoms with Gasteiger partial charge in [0.05, 0.1) is 4.75 Å². The molecule has 3 nitrogen and oxygen atoms in total. The van der Waals surface area contributed by atoms with Crippen molar-refractivity contribution in [3.63, 3.8) is 0 Å². The monoisotopic (exact) mass is 304 g/mol. The van der Waals surface area contributed by atoms with Crippen LogP contribution < -0.4 is 0 Å². The summed E-state index contributed by atoms with van der Waals surface area (Å²) in [6.07, 6.45) is 1.50. The molecule has 0 bridgehead atoms. The van der Waals surface area contributed by atoms with Crippen LogP contribution in [0.2, 0.25) is 0 Å². The number of hydrogen-bond donors (Lipinski definition) is 0. The number of halogens is 1. The van der Waals surface area contributed by atoms with Gasteiger partial charge in [0.1, 0.15) is 22.4 Å². The molecule has 110 valence electrons. The van der Waals surface area contributed by atoms with E-state index in [0.717, 1.165) is 0 Å². The minimum atomic E-state index is -1.50. The van der Waals surface area contributed by atoms with Crippen LogP contribution in [0.3, 0.4) is 0 Å². The van der Waals surface area contributed by atoms with Gasteiger partial charge in [0.2, 0.25) is 0 Å². The number of nitrogens with zero attached hydrogens (tertiary/aromatic N) is 2. The van der Waals surface area contributed by atoms with Gasteiger partial charge in [0.15, 0.2) is 5.82 Å². The molecule has 0 aliphatic rings. The van der Waals surface area contributed by atoms with Crippen LogP contribution in [-0.2, 0) is 11.0 Å². The average molecular weight is 304 g/mol. The number of hydrogen-bond acceptors (Lipinski definition) is 2. The fourth-order valence-corrected chi connectivity index (χ4v) is 2.24. The lowest BCUT2D eigenvalue weighted by Crippen LogP contribution is -2.22. The van der Waals surface area contributed by atoms with Crippen molar-refractivity contribution in [3.8, 4) is 0 Å². The Morgan fingerprint density at radius 2 is 1.81 bits per heavy atom. The molecule has 2 aromatic rings. The molecule has 1 aromatic carbocycles. The van der Waals surface area contributed by atoms with Gasteiger partial charge in [-0.1, -0.05) is 30.3 Å². The molecule has 0 spiro atoms. The lowest BCUT2D eigenvalue weighted by Gasteiger charge is -2.15. The van der Waals surface area contributed by atoms with Gasteiger partial charge in [-0.25, -0.2) is 8.60 Å². The molecule has 2 rings (SSSR count). The van der Waals surface area contributed by atoms with E-state index in [4.69, 9.17) is 0 Å². The van der Waals surface area contributed by atoms with Crippen LogP contribution >= 0.6 is 0 Å². The van der Waals surface area contributed by atoms with E-state index in [0.29, 0.717) is 11.3 Å². The highest BCUT2D eigenvalue weighted by Gasteiger charge is 2.22. The largest absolute Gasteiger partial charge is 0.251 e. The number of rotatable bonds is 3. The highest BCUT2D eigenvalue weighted by molar-refractivity contribution is 7.85. The Morgan fingerprint density at radius 3 is 2.38 bits per heavy atom. The lowest BCUT2D eigenvalue weighted by molar-refractivity contribution is 0.618. The maximum atomic E-state index is 14.0. The molecule has 0 aliphatic carbocycles. The second-order valence-electron chi connectivity index (χ2n) is 5.50. The van der Waals surface area contributed by atoms with Gasteiger partial charge in [-0.2, -0.15) is 4.40 Å². The minimum absolute atomic E-state index is 0.112. The van der Waals surface area contributed by atoms with E-state index in [2.05, 4.69) is 9.38 Å². The molecule has 1 atom stereocenters. The summed E-state index contributed by atoms with van der Waals surface area (Å²) in [6, 6.07) is 11.9. The summed E-state index contributed by atoms with van der Waals surface area (Å²) in [6.45, 7) is 5.47. The zero-order chi connectivity index (χ0) is 15.5. The first-order valence-electron chi connectivity index (χ1n) is 6.56. The van der Waals surface area contributed by atoms with Crippen molar-refractivity contribution >= 4 is 16.7 Å². The van der Waals surface area contributed by atoms with E-state index in [9.17, 15) is 8.60 Å². The first-order chi connectivity index (χ1) is 9.89. The first kappa shape index (κ1) is 15.5. The van der Waals surface area contributed by atoms with Crippen molar-refractivity contribution in [2.75, 3.05) is 0 Å². The Morgan fingerprint density at radius 1 is 1.14 bits per heavy atom. The summed E-state index contributed by atoms with van der Waals surface area (Å²) >= 11 is 0. The Kier molecular flexibility index (Phi) is 4.63. The number of benzene rings is 1. The third-order valence-electron chi connectivity index (χ3n) is 2.73. The summed E-state index contributed by atoms with van der Waals surface area (Å²) in [7, 11) is -1.50. The van der Waals surface area contributed by atoms with Crippen molar-refractivity contribution in [1.82, 2.24) is 4.98 Å². The van der Waals surface area contributed by atoms with E-state index in [1.807, 2.05) is 39.0 Å². The molecule has 0 saturated heterocycles. The van der Waals surface area contributed by atoms with Gasteiger partial charge < -0.3 is 0 Å². The Balaban J connectivity index is 2.59. The third-order valence-corrected chi connectivity index (χ3v) is 4.12. The summed E-state index contributed by atoms with van der Waals surface area (Å²) < 4.78 is 30.0. The zero-order valence-corrected chi connectivity index (χ0v) is 13.0. The van der Waals surface area contributed by atoms with Crippen molar-refractivity contribution in [2.24, 2.45) is 4.40 Å². The van der Waals surface area contributed by atoms with Gasteiger partial charge in [-0.05, 0) is 32.9 Å². The van der Waals surface area contributed by atoms with Crippen LogP contribution in [0.5, 0.6) is 0 Å². The highest BCUT2D eigenvalue weighted by Crippen LogP contribution is 2.18. The molecule has 0 saturated carbocycles. The first-order valence-corrected chi connectivity index (χ1v) is 7.67. The molecule has 0 amide bonds. The van der Waals surface area contributed by atoms with Crippen LogP contribution in [0.25, 0.3) is 0 Å². The van der Waals surface area contributed by atoms with E-state index < -0.39 is 21.5 Å². The fourth-order valence-electron chi connectivity index (χ4n) is 1.61. The molecule has 0 radical (unpaired) electrons. The van der Waals surface area contributed by atoms with Crippen LogP contribution in [-0.4, -0.2) is 19.7 Å². The standard InChI is InChI=1S/C16H17FN2OS/c1-16(2,3)21(20)19-14(12-8-5-4-6-9-12)15-13(17)10-7-11-18-15/h4-11H,1-3H3/b19-14+. The maximum absolute atomic E-state index is 14.0. The molecule has 21 heavy (non-hydrogen) atoms. The van der Waals surface area contributed by atoms with Crippen LogP contribution in [0.15, 0.2) is 53.1 Å². The molecular formula is C16H17FN2OS. The van der Waals surface area contributed by atoms with Gasteiger partial charge in [-0.15, -0.1) is 0 Å².